The van der Waals surface area contributed by atoms with Crippen LogP contribution in [0.25, 0.3) is 0 Å². The van der Waals surface area contributed by atoms with Crippen LogP contribution in [0.2, 0.25) is 0 Å². The zero-order chi connectivity index (χ0) is 39.1. The second kappa shape index (κ2) is 20.9. The van der Waals surface area contributed by atoms with Crippen molar-refractivity contribution in [3.8, 4) is 0 Å². The number of anilines is 2. The highest BCUT2D eigenvalue weighted by Gasteiger charge is 2.28. The van der Waals surface area contributed by atoms with Crippen LogP contribution in [0.1, 0.15) is 110 Å². The standard InChI is InChI=1S/C43H58N8O5/c52-36(29-50-23-19-31-10-7-8-11-33(31)28-50)27-45-43(56)38-26-39(47-30-46-38)48-35-20-24-51(25-21-35)41(54)12-6-4-2-1-3-5-9-22-44-34-15-13-32(14-16-34)37-17-18-40(53)49-42(37)55/h7-8,10-11,13-16,26,30,35-37,44,52H,1-6,9,12,17-25,27-29H2,(H,45,56)(H,46,47,48)(H,49,53,55)/t36-,37?/m0/s1. The van der Waals surface area contributed by atoms with Crippen LogP contribution < -0.4 is 21.3 Å². The number of carbonyl (C=O) groups is 4. The monoisotopic (exact) mass is 766 g/mol. The molecule has 2 aromatic carbocycles. The second-order valence-electron chi connectivity index (χ2n) is 15.5. The third-order valence-corrected chi connectivity index (χ3v) is 11.2. The van der Waals surface area contributed by atoms with E-state index in [9.17, 15) is 24.3 Å². The molecule has 1 unspecified atom stereocenters. The molecule has 2 atom stereocenters. The van der Waals surface area contributed by atoms with Gasteiger partial charge in [0.15, 0.2) is 0 Å². The molecule has 3 aromatic rings. The van der Waals surface area contributed by atoms with Gasteiger partial charge in [0, 0.05) is 76.5 Å². The van der Waals surface area contributed by atoms with Crippen molar-refractivity contribution >= 4 is 35.1 Å². The molecule has 3 aliphatic rings. The molecular weight excluding hydrogens is 709 g/mol. The Morgan fingerprint density at radius 1 is 0.857 bits per heavy atom. The number of likely N-dealkylation sites (tertiary alicyclic amines) is 1. The number of benzene rings is 2. The van der Waals surface area contributed by atoms with E-state index in [-0.39, 0.29) is 47.8 Å². The van der Waals surface area contributed by atoms with E-state index in [1.807, 2.05) is 35.2 Å². The molecule has 300 valence electrons. The molecule has 13 nitrogen and oxygen atoms in total. The number of fused-ring (bicyclic) bond motifs is 1. The maximum Gasteiger partial charge on any atom is 0.270 e. The fraction of sp³-hybridized carbons (Fsp3) is 0.535. The lowest BCUT2D eigenvalue weighted by Gasteiger charge is -2.32. The van der Waals surface area contributed by atoms with E-state index in [1.54, 1.807) is 6.07 Å². The molecule has 13 heteroatoms. The third-order valence-electron chi connectivity index (χ3n) is 11.2. The fourth-order valence-corrected chi connectivity index (χ4v) is 7.94. The molecule has 0 spiro atoms. The van der Waals surface area contributed by atoms with Crippen LogP contribution in [0.15, 0.2) is 60.9 Å². The van der Waals surface area contributed by atoms with Gasteiger partial charge in [0.05, 0.1) is 12.0 Å². The van der Waals surface area contributed by atoms with Gasteiger partial charge in [0.2, 0.25) is 17.7 Å². The van der Waals surface area contributed by atoms with Crippen molar-refractivity contribution in [3.05, 3.63) is 83.3 Å². The average Bonchev–Trinajstić information content (AvgIpc) is 3.21. The Kier molecular flexibility index (Phi) is 15.2. The molecule has 2 fully saturated rings. The molecule has 6 rings (SSSR count). The van der Waals surface area contributed by atoms with E-state index in [4.69, 9.17) is 0 Å². The molecule has 0 aliphatic carbocycles. The number of aliphatic hydroxyl groups excluding tert-OH is 1. The van der Waals surface area contributed by atoms with Crippen molar-refractivity contribution in [1.29, 1.82) is 0 Å². The largest absolute Gasteiger partial charge is 0.390 e. The van der Waals surface area contributed by atoms with Crippen molar-refractivity contribution in [2.24, 2.45) is 0 Å². The molecule has 4 heterocycles. The number of nitrogens with zero attached hydrogens (tertiary/aromatic N) is 4. The summed E-state index contributed by atoms with van der Waals surface area (Å²) in [6.07, 6.45) is 12.6. The van der Waals surface area contributed by atoms with Gasteiger partial charge in [-0.05, 0) is 67.3 Å². The number of nitrogens with one attached hydrogen (secondary N) is 4. The van der Waals surface area contributed by atoms with E-state index >= 15 is 0 Å². The number of hydrogen-bond donors (Lipinski definition) is 5. The van der Waals surface area contributed by atoms with Crippen molar-refractivity contribution < 1.29 is 24.3 Å². The lowest BCUT2D eigenvalue weighted by atomic mass is 9.90. The maximum atomic E-state index is 12.9. The summed E-state index contributed by atoms with van der Waals surface area (Å²) in [4.78, 5) is 61.9. The predicted molar refractivity (Wildman–Crippen MR) is 216 cm³/mol. The van der Waals surface area contributed by atoms with Crippen LogP contribution in [-0.2, 0) is 27.3 Å². The number of unbranched alkanes of at least 4 members (excludes halogenated alkanes) is 6. The van der Waals surface area contributed by atoms with Gasteiger partial charge in [0.1, 0.15) is 17.8 Å². The van der Waals surface area contributed by atoms with Crippen molar-refractivity contribution in [2.45, 2.75) is 108 Å². The normalized spacial score (nSPS) is 18.2. The third kappa shape index (κ3) is 12.3. The number of piperidine rings is 2. The molecule has 1 aromatic heterocycles. The summed E-state index contributed by atoms with van der Waals surface area (Å²) in [5.74, 6) is -0.183. The quantitative estimate of drug-likeness (QED) is 0.0846. The van der Waals surface area contributed by atoms with E-state index < -0.39 is 6.10 Å². The predicted octanol–water partition coefficient (Wildman–Crippen LogP) is 4.78. The summed E-state index contributed by atoms with van der Waals surface area (Å²) >= 11 is 0. The molecule has 3 aliphatic heterocycles. The number of carbonyl (C=O) groups excluding carboxylic acids is 4. The smallest absolute Gasteiger partial charge is 0.270 e. The lowest BCUT2D eigenvalue weighted by molar-refractivity contribution is -0.134. The summed E-state index contributed by atoms with van der Waals surface area (Å²) in [5.41, 5.74) is 4.89. The van der Waals surface area contributed by atoms with Crippen LogP contribution in [0.4, 0.5) is 11.5 Å². The van der Waals surface area contributed by atoms with Gasteiger partial charge in [-0.15, -0.1) is 0 Å². The number of aliphatic hydroxyl groups is 1. The molecule has 0 saturated carbocycles. The summed E-state index contributed by atoms with van der Waals surface area (Å²) in [7, 11) is 0. The summed E-state index contributed by atoms with van der Waals surface area (Å²) in [5, 5.41) is 22.7. The van der Waals surface area contributed by atoms with E-state index in [2.05, 4.69) is 54.3 Å². The molecule has 4 amide bonds. The van der Waals surface area contributed by atoms with Crippen LogP contribution in [0.5, 0.6) is 0 Å². The average molecular weight is 767 g/mol. The number of β-amino-alcohol motifs (C(OH)–C–C–N with tert-alkyl or cyclic N) is 1. The summed E-state index contributed by atoms with van der Waals surface area (Å²) in [6, 6.07) is 18.1. The molecule has 0 radical (unpaired) electrons. The molecule has 0 bridgehead atoms. The highest BCUT2D eigenvalue weighted by atomic mass is 16.3. The zero-order valence-corrected chi connectivity index (χ0v) is 32.5. The number of amides is 4. The molecule has 2 saturated heterocycles. The summed E-state index contributed by atoms with van der Waals surface area (Å²) < 4.78 is 0. The fourth-order valence-electron chi connectivity index (χ4n) is 7.94. The highest BCUT2D eigenvalue weighted by Crippen LogP contribution is 2.26. The van der Waals surface area contributed by atoms with Crippen LogP contribution in [0.3, 0.4) is 0 Å². The van der Waals surface area contributed by atoms with Crippen LogP contribution in [0, 0.1) is 0 Å². The highest BCUT2D eigenvalue weighted by molar-refractivity contribution is 6.01. The minimum Gasteiger partial charge on any atom is -0.390 e. The Hall–Kier alpha value is -4.88. The Balaban J connectivity index is 0.774. The van der Waals surface area contributed by atoms with E-state index in [0.29, 0.717) is 44.7 Å². The Bertz CT molecular complexity index is 1760. The van der Waals surface area contributed by atoms with E-state index in [1.165, 1.54) is 30.3 Å². The minimum absolute atomic E-state index is 0.143. The Morgan fingerprint density at radius 3 is 2.36 bits per heavy atom. The number of hydrogen-bond acceptors (Lipinski definition) is 10. The molecule has 56 heavy (non-hydrogen) atoms. The topological polar surface area (TPSA) is 169 Å². The van der Waals surface area contributed by atoms with E-state index in [0.717, 1.165) is 82.3 Å². The van der Waals surface area contributed by atoms with Gasteiger partial charge in [-0.25, -0.2) is 9.97 Å². The molecule has 5 N–H and O–H groups in total. The first kappa shape index (κ1) is 40.8. The van der Waals surface area contributed by atoms with Crippen molar-refractivity contribution in [1.82, 2.24) is 30.4 Å². The van der Waals surface area contributed by atoms with Gasteiger partial charge >= 0.3 is 0 Å². The molecular formula is C43H58N8O5. The first-order valence-corrected chi connectivity index (χ1v) is 20.6. The van der Waals surface area contributed by atoms with Gasteiger partial charge < -0.3 is 26.0 Å². The number of rotatable bonds is 19. The number of aromatic nitrogens is 2. The second-order valence-corrected chi connectivity index (χ2v) is 15.5. The van der Waals surface area contributed by atoms with Crippen LogP contribution >= 0.6 is 0 Å². The first-order chi connectivity index (χ1) is 27.3. The number of imide groups is 1. The lowest BCUT2D eigenvalue weighted by Crippen LogP contribution is -2.42. The van der Waals surface area contributed by atoms with Gasteiger partial charge in [-0.2, -0.15) is 0 Å². The van der Waals surface area contributed by atoms with Gasteiger partial charge in [-0.1, -0.05) is 68.5 Å². The first-order valence-electron chi connectivity index (χ1n) is 20.6. The van der Waals surface area contributed by atoms with Gasteiger partial charge in [-0.3, -0.25) is 29.4 Å². The SMILES string of the molecule is O=C1CCC(c2ccc(NCCCCCCCCCC(=O)N3CCC(Nc4cc(C(=O)NC[C@H](O)CN5CCc6ccccc6C5)ncn4)CC3)cc2)C(=O)N1. The summed E-state index contributed by atoms with van der Waals surface area (Å²) in [6.45, 7) is 4.62. The minimum atomic E-state index is -0.685. The Labute approximate surface area is 330 Å². The Morgan fingerprint density at radius 2 is 1.59 bits per heavy atom. The van der Waals surface area contributed by atoms with Crippen LogP contribution in [-0.4, -0.2) is 99.9 Å². The van der Waals surface area contributed by atoms with Crippen molar-refractivity contribution in [2.75, 3.05) is 49.9 Å². The van der Waals surface area contributed by atoms with Gasteiger partial charge in [0.25, 0.3) is 5.91 Å². The maximum absolute atomic E-state index is 12.9. The zero-order valence-electron chi connectivity index (χ0n) is 32.5. The van der Waals surface area contributed by atoms with Crippen molar-refractivity contribution in [3.63, 3.8) is 0 Å².